The van der Waals surface area contributed by atoms with Crippen LogP contribution in [0.3, 0.4) is 0 Å². The molecule has 1 aliphatic rings. The molecule has 2 nitrogen and oxygen atoms in total. The number of likely N-dealkylation sites (tertiary alicyclic amines) is 1. The fourth-order valence-corrected chi connectivity index (χ4v) is 1.51. The fraction of sp³-hybridized carbons (Fsp3) is 0.875. The third-order valence-corrected chi connectivity index (χ3v) is 2.48. The van der Waals surface area contributed by atoms with Crippen LogP contribution in [0.2, 0.25) is 0 Å². The number of amides is 1. The van der Waals surface area contributed by atoms with Crippen LogP contribution in [0.1, 0.15) is 19.8 Å². The van der Waals surface area contributed by atoms with Crippen LogP contribution < -0.4 is 0 Å². The minimum Gasteiger partial charge on any atom is -0.336 e. The van der Waals surface area contributed by atoms with Crippen LogP contribution in [-0.2, 0) is 4.79 Å². The first-order valence-electron chi connectivity index (χ1n) is 4.27. The van der Waals surface area contributed by atoms with Gasteiger partial charge in [0.15, 0.2) is 0 Å². The van der Waals surface area contributed by atoms with E-state index in [1.165, 1.54) is 0 Å². The highest BCUT2D eigenvalue weighted by Crippen LogP contribution is 2.25. The summed E-state index contributed by atoms with van der Waals surface area (Å²) in [5.74, 6) is -0.755. The van der Waals surface area contributed by atoms with E-state index in [1.807, 2.05) is 6.92 Å². The Kier molecular flexibility index (Phi) is 3.11. The Morgan fingerprint density at radius 2 is 1.92 bits per heavy atom. The molecule has 1 fully saturated rings. The molecule has 1 rings (SSSR count). The molecule has 5 heteroatoms. The molecule has 0 unspecified atom stereocenters. The van der Waals surface area contributed by atoms with Gasteiger partial charge in [-0.3, -0.25) is 4.79 Å². The van der Waals surface area contributed by atoms with Gasteiger partial charge in [0.05, 0.1) is 0 Å². The molecule has 1 saturated heterocycles. The Morgan fingerprint density at radius 1 is 1.46 bits per heavy atom. The molecule has 0 N–H and O–H groups in total. The summed E-state index contributed by atoms with van der Waals surface area (Å²) in [6, 6.07) is 0. The van der Waals surface area contributed by atoms with Gasteiger partial charge in [-0.2, -0.15) is 8.78 Å². The Morgan fingerprint density at radius 3 is 2.31 bits per heavy atom. The van der Waals surface area contributed by atoms with Gasteiger partial charge < -0.3 is 4.90 Å². The maximum atomic E-state index is 12.4. The first-order chi connectivity index (χ1) is 5.91. The van der Waals surface area contributed by atoms with Crippen LogP contribution in [0, 0.1) is 5.92 Å². The van der Waals surface area contributed by atoms with Crippen LogP contribution in [0.15, 0.2) is 0 Å². The van der Waals surface area contributed by atoms with Crippen molar-refractivity contribution in [1.82, 2.24) is 4.90 Å². The van der Waals surface area contributed by atoms with Crippen LogP contribution in [0.25, 0.3) is 0 Å². The zero-order valence-electron chi connectivity index (χ0n) is 7.40. The number of nitrogens with zero attached hydrogens (tertiary/aromatic N) is 1. The monoisotopic (exact) mass is 211 g/mol. The summed E-state index contributed by atoms with van der Waals surface area (Å²) in [6.45, 7) is 2.82. The molecule has 76 valence electrons. The minimum atomic E-state index is -3.74. The molecule has 0 aromatic carbocycles. The van der Waals surface area contributed by atoms with Crippen molar-refractivity contribution in [2.24, 2.45) is 5.92 Å². The van der Waals surface area contributed by atoms with Crippen LogP contribution in [-0.4, -0.2) is 29.3 Å². The summed E-state index contributed by atoms with van der Waals surface area (Å²) in [6.07, 6.45) is 1.55. The summed E-state index contributed by atoms with van der Waals surface area (Å²) in [7, 11) is 0. The number of hydrogen-bond donors (Lipinski definition) is 0. The van der Waals surface area contributed by atoms with Crippen molar-refractivity contribution in [3.05, 3.63) is 0 Å². The van der Waals surface area contributed by atoms with Crippen molar-refractivity contribution in [2.75, 3.05) is 13.1 Å². The van der Waals surface area contributed by atoms with Crippen LogP contribution in [0.5, 0.6) is 0 Å². The van der Waals surface area contributed by atoms with Gasteiger partial charge in [-0.15, -0.1) is 0 Å². The second kappa shape index (κ2) is 3.78. The van der Waals surface area contributed by atoms with E-state index >= 15 is 0 Å². The maximum absolute atomic E-state index is 12.4. The molecular formula is C8H12ClF2NO. The Bertz CT molecular complexity index is 197. The van der Waals surface area contributed by atoms with E-state index in [0.29, 0.717) is 19.0 Å². The third kappa shape index (κ3) is 2.79. The summed E-state index contributed by atoms with van der Waals surface area (Å²) < 4.78 is 24.7. The fourth-order valence-electron chi connectivity index (χ4n) is 1.39. The van der Waals surface area contributed by atoms with Crippen molar-refractivity contribution >= 4 is 17.5 Å². The highest BCUT2D eigenvalue weighted by molar-refractivity contribution is 6.32. The molecule has 0 atom stereocenters. The van der Waals surface area contributed by atoms with Gasteiger partial charge in [-0.25, -0.2) is 0 Å². The topological polar surface area (TPSA) is 20.3 Å². The lowest BCUT2D eigenvalue weighted by Crippen LogP contribution is -2.44. The number of halogens is 3. The third-order valence-electron chi connectivity index (χ3n) is 2.31. The molecule has 0 saturated carbocycles. The lowest BCUT2D eigenvalue weighted by atomic mass is 9.99. The van der Waals surface area contributed by atoms with Crippen molar-refractivity contribution in [2.45, 2.75) is 25.1 Å². The summed E-state index contributed by atoms with van der Waals surface area (Å²) >= 11 is 4.63. The van der Waals surface area contributed by atoms with Gasteiger partial charge in [-0.1, -0.05) is 6.92 Å². The number of alkyl halides is 3. The molecular weight excluding hydrogens is 200 g/mol. The summed E-state index contributed by atoms with van der Waals surface area (Å²) in [5.41, 5.74) is 0. The Labute approximate surface area is 80.8 Å². The average Bonchev–Trinajstić information content (AvgIpc) is 2.03. The van der Waals surface area contributed by atoms with Crippen molar-refractivity contribution in [1.29, 1.82) is 0 Å². The first kappa shape index (κ1) is 10.7. The lowest BCUT2D eigenvalue weighted by Gasteiger charge is -2.31. The number of rotatable bonds is 1. The van der Waals surface area contributed by atoms with Gasteiger partial charge in [0.1, 0.15) is 0 Å². The largest absolute Gasteiger partial charge is 0.399 e. The number of carbonyl (C=O) groups excluding carboxylic acids is 1. The number of piperidine rings is 1. The smallest absolute Gasteiger partial charge is 0.336 e. The summed E-state index contributed by atoms with van der Waals surface area (Å²) in [4.78, 5) is 12.1. The van der Waals surface area contributed by atoms with E-state index in [1.54, 1.807) is 0 Å². The lowest BCUT2D eigenvalue weighted by molar-refractivity contribution is -0.148. The molecule has 0 bridgehead atoms. The van der Waals surface area contributed by atoms with E-state index in [9.17, 15) is 13.6 Å². The molecule has 1 amide bonds. The second-order valence-corrected chi connectivity index (χ2v) is 3.95. The Hall–Kier alpha value is -0.380. The van der Waals surface area contributed by atoms with Crippen molar-refractivity contribution in [3.63, 3.8) is 0 Å². The van der Waals surface area contributed by atoms with E-state index in [4.69, 9.17) is 0 Å². The molecule has 1 aliphatic heterocycles. The van der Waals surface area contributed by atoms with Crippen molar-refractivity contribution < 1.29 is 13.6 Å². The molecule has 0 aromatic rings. The van der Waals surface area contributed by atoms with E-state index in [0.717, 1.165) is 17.7 Å². The molecule has 0 radical (unpaired) electrons. The van der Waals surface area contributed by atoms with E-state index in [-0.39, 0.29) is 0 Å². The Balaban J connectivity index is 2.50. The molecule has 0 spiro atoms. The van der Waals surface area contributed by atoms with Crippen LogP contribution in [0.4, 0.5) is 8.78 Å². The zero-order valence-corrected chi connectivity index (χ0v) is 8.15. The van der Waals surface area contributed by atoms with E-state index < -0.39 is 11.3 Å². The predicted octanol–water partition coefficient (Wildman–Crippen LogP) is 2.08. The number of carbonyl (C=O) groups is 1. The highest BCUT2D eigenvalue weighted by Gasteiger charge is 2.40. The SMILES string of the molecule is CC1CCN(C(=O)C(F)(F)Cl)CC1. The number of hydrogen-bond acceptors (Lipinski definition) is 1. The van der Waals surface area contributed by atoms with E-state index in [2.05, 4.69) is 11.6 Å². The molecule has 13 heavy (non-hydrogen) atoms. The van der Waals surface area contributed by atoms with Gasteiger partial charge in [-0.05, 0) is 30.4 Å². The average molecular weight is 212 g/mol. The van der Waals surface area contributed by atoms with Gasteiger partial charge in [0.2, 0.25) is 0 Å². The predicted molar refractivity (Wildman–Crippen MR) is 45.8 cm³/mol. The standard InChI is InChI=1S/C8H12ClF2NO/c1-6-2-4-12(5-3-6)7(13)8(9,10)11/h6H,2-5H2,1H3. The second-order valence-electron chi connectivity index (χ2n) is 3.47. The van der Waals surface area contributed by atoms with Gasteiger partial charge >= 0.3 is 11.3 Å². The first-order valence-corrected chi connectivity index (χ1v) is 4.65. The minimum absolute atomic E-state index is 0.391. The molecule has 0 aliphatic carbocycles. The van der Waals surface area contributed by atoms with Gasteiger partial charge in [0.25, 0.3) is 0 Å². The highest BCUT2D eigenvalue weighted by atomic mass is 35.5. The quantitative estimate of drug-likeness (QED) is 0.608. The van der Waals surface area contributed by atoms with Crippen molar-refractivity contribution in [3.8, 4) is 0 Å². The molecule has 0 aromatic heterocycles. The van der Waals surface area contributed by atoms with Gasteiger partial charge in [0, 0.05) is 13.1 Å². The molecule has 1 heterocycles. The normalized spacial score (nSPS) is 20.5. The summed E-state index contributed by atoms with van der Waals surface area (Å²) in [5, 5.41) is -3.74. The van der Waals surface area contributed by atoms with Crippen LogP contribution >= 0.6 is 11.6 Å². The zero-order chi connectivity index (χ0) is 10.1. The maximum Gasteiger partial charge on any atom is 0.399 e.